The summed E-state index contributed by atoms with van der Waals surface area (Å²) in [4.78, 5) is 41.3. The first-order chi connectivity index (χ1) is 15.2. The number of Topliss-reactive ketones (excluding diaryl/α,β-unsaturated/α-hetero) is 1. The van der Waals surface area contributed by atoms with E-state index in [0.29, 0.717) is 23.3 Å². The van der Waals surface area contributed by atoms with E-state index in [-0.39, 0.29) is 24.9 Å². The van der Waals surface area contributed by atoms with Crippen molar-refractivity contribution >= 4 is 23.4 Å². The van der Waals surface area contributed by atoms with Gasteiger partial charge in [-0.2, -0.15) is 0 Å². The van der Waals surface area contributed by atoms with E-state index < -0.39 is 23.8 Å². The largest absolute Gasteiger partial charge is 0.465 e. The zero-order valence-corrected chi connectivity index (χ0v) is 19.7. The number of hydrogen-bond acceptors (Lipinski definition) is 7. The van der Waals surface area contributed by atoms with Crippen molar-refractivity contribution in [2.75, 3.05) is 32.2 Å². The van der Waals surface area contributed by atoms with Gasteiger partial charge in [-0.15, -0.1) is 0 Å². The lowest BCUT2D eigenvalue weighted by molar-refractivity contribution is -0.153. The molecule has 3 atom stereocenters. The SMILES string of the molecule is CCOC(=O)C1=C(C)NC2=C(C(=O)[C@H](C(=O)OCC)[C@@H](C)C2)[C@@H]1c1ccc(N(C)C)cc1. The van der Waals surface area contributed by atoms with Gasteiger partial charge in [0.1, 0.15) is 5.92 Å². The molecule has 0 saturated heterocycles. The molecule has 7 nitrogen and oxygen atoms in total. The van der Waals surface area contributed by atoms with Gasteiger partial charge in [0.05, 0.1) is 18.8 Å². The summed E-state index contributed by atoms with van der Waals surface area (Å²) < 4.78 is 10.6. The molecule has 0 radical (unpaired) electrons. The van der Waals surface area contributed by atoms with Crippen LogP contribution in [0.2, 0.25) is 0 Å². The second kappa shape index (κ2) is 9.59. The lowest BCUT2D eigenvalue weighted by atomic mass is 9.69. The van der Waals surface area contributed by atoms with Crippen LogP contribution in [0, 0.1) is 11.8 Å². The van der Waals surface area contributed by atoms with Gasteiger partial charge in [-0.25, -0.2) is 4.79 Å². The number of ether oxygens (including phenoxy) is 2. The molecular formula is C25H32N2O5. The number of dihydropyridines is 1. The van der Waals surface area contributed by atoms with Gasteiger partial charge in [0.15, 0.2) is 5.78 Å². The summed E-state index contributed by atoms with van der Waals surface area (Å²) in [5, 5.41) is 3.27. The van der Waals surface area contributed by atoms with Crippen LogP contribution in [0.5, 0.6) is 0 Å². The van der Waals surface area contributed by atoms with E-state index in [1.54, 1.807) is 13.8 Å². The number of benzene rings is 1. The van der Waals surface area contributed by atoms with Crippen molar-refractivity contribution in [2.45, 2.75) is 40.0 Å². The lowest BCUT2D eigenvalue weighted by Gasteiger charge is -2.38. The molecule has 0 unspecified atom stereocenters. The minimum absolute atomic E-state index is 0.207. The van der Waals surface area contributed by atoms with Crippen molar-refractivity contribution in [3.8, 4) is 0 Å². The summed E-state index contributed by atoms with van der Waals surface area (Å²) >= 11 is 0. The van der Waals surface area contributed by atoms with Crippen molar-refractivity contribution in [1.82, 2.24) is 5.32 Å². The number of hydrogen-bond donors (Lipinski definition) is 1. The molecule has 1 heterocycles. The monoisotopic (exact) mass is 440 g/mol. The molecular weight excluding hydrogens is 408 g/mol. The fourth-order valence-corrected chi connectivity index (χ4v) is 4.56. The van der Waals surface area contributed by atoms with E-state index in [1.807, 2.05) is 57.1 Å². The Labute approximate surface area is 189 Å². The molecule has 0 saturated carbocycles. The number of nitrogens with zero attached hydrogens (tertiary/aromatic N) is 1. The van der Waals surface area contributed by atoms with Crippen LogP contribution in [0.3, 0.4) is 0 Å². The Morgan fingerprint density at radius 1 is 1.09 bits per heavy atom. The fourth-order valence-electron chi connectivity index (χ4n) is 4.56. The Bertz CT molecular complexity index is 975. The average molecular weight is 441 g/mol. The molecule has 0 aromatic heterocycles. The minimum atomic E-state index is -0.888. The van der Waals surface area contributed by atoms with Crippen molar-refractivity contribution in [3.05, 3.63) is 52.4 Å². The quantitative estimate of drug-likeness (QED) is 0.537. The van der Waals surface area contributed by atoms with Crippen LogP contribution in [0.1, 0.15) is 45.6 Å². The van der Waals surface area contributed by atoms with Gasteiger partial charge in [0.2, 0.25) is 0 Å². The zero-order chi connectivity index (χ0) is 23.6. The maximum absolute atomic E-state index is 13.7. The van der Waals surface area contributed by atoms with Crippen LogP contribution >= 0.6 is 0 Å². The topological polar surface area (TPSA) is 84.9 Å². The van der Waals surface area contributed by atoms with E-state index in [1.165, 1.54) is 0 Å². The molecule has 1 aliphatic heterocycles. The van der Waals surface area contributed by atoms with Crippen LogP contribution < -0.4 is 10.2 Å². The molecule has 0 fully saturated rings. The highest BCUT2D eigenvalue weighted by Crippen LogP contribution is 2.45. The van der Waals surface area contributed by atoms with Gasteiger partial charge in [0.25, 0.3) is 0 Å². The summed E-state index contributed by atoms with van der Waals surface area (Å²) in [6, 6.07) is 7.75. The lowest BCUT2D eigenvalue weighted by Crippen LogP contribution is -2.43. The van der Waals surface area contributed by atoms with Gasteiger partial charge < -0.3 is 19.7 Å². The predicted molar refractivity (Wildman–Crippen MR) is 122 cm³/mol. The molecule has 1 aromatic carbocycles. The smallest absolute Gasteiger partial charge is 0.336 e. The Balaban J connectivity index is 2.15. The van der Waals surface area contributed by atoms with Crippen LogP contribution in [0.25, 0.3) is 0 Å². The van der Waals surface area contributed by atoms with Gasteiger partial charge in [-0.3, -0.25) is 9.59 Å². The molecule has 0 bridgehead atoms. The van der Waals surface area contributed by atoms with Gasteiger partial charge in [-0.05, 0) is 50.8 Å². The predicted octanol–water partition coefficient (Wildman–Crippen LogP) is 3.32. The highest BCUT2D eigenvalue weighted by atomic mass is 16.5. The highest BCUT2D eigenvalue weighted by molar-refractivity contribution is 6.12. The summed E-state index contributed by atoms with van der Waals surface area (Å²) in [6.45, 7) is 7.62. The van der Waals surface area contributed by atoms with Crippen LogP contribution in [0.4, 0.5) is 5.69 Å². The number of esters is 2. The second-order valence-electron chi connectivity index (χ2n) is 8.47. The first kappa shape index (κ1) is 23.6. The second-order valence-corrected chi connectivity index (χ2v) is 8.47. The number of anilines is 1. The third-order valence-electron chi connectivity index (χ3n) is 6.07. The Hall–Kier alpha value is -3.09. The van der Waals surface area contributed by atoms with E-state index in [9.17, 15) is 14.4 Å². The van der Waals surface area contributed by atoms with E-state index in [4.69, 9.17) is 9.47 Å². The molecule has 32 heavy (non-hydrogen) atoms. The molecule has 0 spiro atoms. The number of carbonyl (C=O) groups excluding carboxylic acids is 3. The van der Waals surface area contributed by atoms with Gasteiger partial charge in [-0.1, -0.05) is 19.1 Å². The van der Waals surface area contributed by atoms with E-state index >= 15 is 0 Å². The summed E-state index contributed by atoms with van der Waals surface area (Å²) in [5.41, 5.74) is 4.08. The van der Waals surface area contributed by atoms with Crippen molar-refractivity contribution in [2.24, 2.45) is 11.8 Å². The third kappa shape index (κ3) is 4.29. The van der Waals surface area contributed by atoms with Crippen LogP contribution in [-0.4, -0.2) is 45.0 Å². The zero-order valence-electron chi connectivity index (χ0n) is 19.7. The van der Waals surface area contributed by atoms with Crippen molar-refractivity contribution in [1.29, 1.82) is 0 Å². The number of carbonyl (C=O) groups is 3. The van der Waals surface area contributed by atoms with Gasteiger partial charge in [0, 0.05) is 42.7 Å². The standard InChI is InChI=1S/C25H32N2O5/c1-7-31-24(29)19-14(3)13-18-22(23(19)28)21(16-9-11-17(12-10-16)27(5)6)20(15(4)26-18)25(30)32-8-2/h9-12,14,19,21,26H,7-8,13H2,1-6H3/t14-,19+,21+/m0/s1. The summed E-state index contributed by atoms with van der Waals surface area (Å²) in [6.07, 6.45) is 0.518. The first-order valence-corrected chi connectivity index (χ1v) is 11.1. The molecule has 1 aliphatic carbocycles. The molecule has 7 heteroatoms. The van der Waals surface area contributed by atoms with Crippen LogP contribution in [-0.2, 0) is 23.9 Å². The molecule has 2 aliphatic rings. The third-order valence-corrected chi connectivity index (χ3v) is 6.07. The van der Waals surface area contributed by atoms with Crippen LogP contribution in [0.15, 0.2) is 46.8 Å². The summed E-state index contributed by atoms with van der Waals surface area (Å²) in [7, 11) is 3.90. The number of nitrogens with one attached hydrogen (secondary N) is 1. The number of ketones is 1. The average Bonchev–Trinajstić information content (AvgIpc) is 2.73. The maximum Gasteiger partial charge on any atom is 0.336 e. The Morgan fingerprint density at radius 2 is 1.72 bits per heavy atom. The number of allylic oxidation sites excluding steroid dienone is 3. The highest BCUT2D eigenvalue weighted by Gasteiger charge is 2.47. The Kier molecular flexibility index (Phi) is 7.06. The maximum atomic E-state index is 13.7. The minimum Gasteiger partial charge on any atom is -0.465 e. The van der Waals surface area contributed by atoms with Crippen molar-refractivity contribution in [3.63, 3.8) is 0 Å². The molecule has 0 amide bonds. The molecule has 3 rings (SSSR count). The molecule has 1 aromatic rings. The van der Waals surface area contributed by atoms with Crippen molar-refractivity contribution < 1.29 is 23.9 Å². The Morgan fingerprint density at radius 3 is 2.28 bits per heavy atom. The molecule has 172 valence electrons. The van der Waals surface area contributed by atoms with Gasteiger partial charge >= 0.3 is 11.9 Å². The fraction of sp³-hybridized carbons (Fsp3) is 0.480. The number of rotatable bonds is 6. The first-order valence-electron chi connectivity index (χ1n) is 11.1. The molecule has 1 N–H and O–H groups in total. The normalized spacial score (nSPS) is 22.8. The van der Waals surface area contributed by atoms with E-state index in [0.717, 1.165) is 16.9 Å². The summed E-state index contributed by atoms with van der Waals surface area (Å²) in [5.74, 6) is -2.98. The van der Waals surface area contributed by atoms with E-state index in [2.05, 4.69) is 5.32 Å².